The average Bonchev–Trinajstić information content (AvgIpc) is 2.39. The second-order valence-corrected chi connectivity index (χ2v) is 4.01. The Morgan fingerprint density at radius 1 is 1.41 bits per heavy atom. The molecule has 88 valence electrons. The number of hydrogen-bond acceptors (Lipinski definition) is 3. The minimum atomic E-state index is 0.141. The van der Waals surface area contributed by atoms with Crippen LogP contribution in [0.5, 0.6) is 5.75 Å². The maximum atomic E-state index is 10.9. The summed E-state index contributed by atoms with van der Waals surface area (Å²) in [4.78, 5) is 15.2. The third-order valence-electron chi connectivity index (χ3n) is 2.80. The maximum absolute atomic E-state index is 10.9. The average molecular weight is 229 g/mol. The van der Waals surface area contributed by atoms with Gasteiger partial charge in [0, 0.05) is 17.1 Å². The van der Waals surface area contributed by atoms with Crippen LogP contribution in [0.3, 0.4) is 0 Å². The molecule has 1 atom stereocenters. The molecule has 2 aromatic rings. The van der Waals surface area contributed by atoms with Gasteiger partial charge in [0.2, 0.25) is 0 Å². The lowest BCUT2D eigenvalue weighted by Crippen LogP contribution is -2.10. The van der Waals surface area contributed by atoms with Gasteiger partial charge in [-0.15, -0.1) is 0 Å². The summed E-state index contributed by atoms with van der Waals surface area (Å²) in [7, 11) is 0. The molecule has 0 spiro atoms. The minimum Gasteiger partial charge on any atom is -0.488 e. The van der Waals surface area contributed by atoms with E-state index in [-0.39, 0.29) is 6.10 Å². The number of benzene rings is 1. The maximum Gasteiger partial charge on any atom is 0.150 e. The molecule has 0 fully saturated rings. The van der Waals surface area contributed by atoms with E-state index in [1.54, 1.807) is 12.3 Å². The number of pyridine rings is 1. The van der Waals surface area contributed by atoms with Crippen molar-refractivity contribution in [1.82, 2.24) is 4.98 Å². The first-order chi connectivity index (χ1) is 8.26. The molecule has 0 aliphatic rings. The smallest absolute Gasteiger partial charge is 0.150 e. The van der Waals surface area contributed by atoms with Crippen LogP contribution < -0.4 is 4.74 Å². The van der Waals surface area contributed by atoms with Crippen LogP contribution in [-0.4, -0.2) is 17.4 Å². The van der Waals surface area contributed by atoms with Crippen LogP contribution in [0.4, 0.5) is 0 Å². The highest BCUT2D eigenvalue weighted by molar-refractivity contribution is 5.98. The van der Waals surface area contributed by atoms with Crippen molar-refractivity contribution in [1.29, 1.82) is 0 Å². The van der Waals surface area contributed by atoms with E-state index in [1.165, 1.54) is 0 Å². The van der Waals surface area contributed by atoms with Crippen LogP contribution in [0, 0.1) is 0 Å². The number of rotatable bonds is 4. The van der Waals surface area contributed by atoms with E-state index in [0.29, 0.717) is 5.56 Å². The van der Waals surface area contributed by atoms with E-state index in [1.807, 2.05) is 25.1 Å². The Balaban J connectivity index is 2.54. The van der Waals surface area contributed by atoms with Crippen LogP contribution >= 0.6 is 0 Å². The Morgan fingerprint density at radius 3 is 2.94 bits per heavy atom. The molecule has 17 heavy (non-hydrogen) atoms. The van der Waals surface area contributed by atoms with Gasteiger partial charge in [0.1, 0.15) is 11.3 Å². The highest BCUT2D eigenvalue weighted by Crippen LogP contribution is 2.26. The molecule has 0 unspecified atom stereocenters. The zero-order valence-corrected chi connectivity index (χ0v) is 10.0. The molecule has 3 heteroatoms. The van der Waals surface area contributed by atoms with Gasteiger partial charge in [-0.1, -0.05) is 13.0 Å². The summed E-state index contributed by atoms with van der Waals surface area (Å²) < 4.78 is 5.80. The fourth-order valence-corrected chi connectivity index (χ4v) is 1.67. The van der Waals surface area contributed by atoms with Crippen LogP contribution in [0.15, 0.2) is 30.5 Å². The van der Waals surface area contributed by atoms with E-state index < -0.39 is 0 Å². The molecular formula is C14H15NO2. The summed E-state index contributed by atoms with van der Waals surface area (Å²) in [6.07, 6.45) is 3.63. The van der Waals surface area contributed by atoms with Gasteiger partial charge >= 0.3 is 0 Å². The van der Waals surface area contributed by atoms with Gasteiger partial charge in [0.05, 0.1) is 6.10 Å². The van der Waals surface area contributed by atoms with Crippen molar-refractivity contribution >= 4 is 17.2 Å². The topological polar surface area (TPSA) is 39.2 Å². The molecule has 3 nitrogen and oxygen atoms in total. The van der Waals surface area contributed by atoms with Crippen molar-refractivity contribution in [3.8, 4) is 5.75 Å². The van der Waals surface area contributed by atoms with Gasteiger partial charge in [0.15, 0.2) is 6.29 Å². The number of carbonyl (C=O) groups is 1. The molecule has 1 aromatic carbocycles. The minimum absolute atomic E-state index is 0.141. The number of aldehydes is 1. The second-order valence-electron chi connectivity index (χ2n) is 4.01. The largest absolute Gasteiger partial charge is 0.488 e. The van der Waals surface area contributed by atoms with E-state index >= 15 is 0 Å². The Labute approximate surface area is 100 Å². The molecule has 0 amide bonds. The standard InChI is InChI=1S/C14H15NO2/c1-3-10(2)17-13-7-6-11(9-16)12-5-4-8-15-14(12)13/h4-10H,3H2,1-2H3/t10-/m1/s1. The number of nitrogens with zero attached hydrogens (tertiary/aromatic N) is 1. The van der Waals surface area contributed by atoms with Crippen LogP contribution in [0.25, 0.3) is 10.9 Å². The fraction of sp³-hybridized carbons (Fsp3) is 0.286. The molecular weight excluding hydrogens is 214 g/mol. The SMILES string of the molecule is CC[C@@H](C)Oc1ccc(C=O)c2cccnc12. The molecule has 0 radical (unpaired) electrons. The lowest BCUT2D eigenvalue weighted by atomic mass is 10.1. The van der Waals surface area contributed by atoms with Crippen LogP contribution in [0.2, 0.25) is 0 Å². The summed E-state index contributed by atoms with van der Waals surface area (Å²) in [5.74, 6) is 0.737. The summed E-state index contributed by atoms with van der Waals surface area (Å²) in [5, 5.41) is 0.836. The second kappa shape index (κ2) is 4.95. The Hall–Kier alpha value is -1.90. The van der Waals surface area contributed by atoms with E-state index in [4.69, 9.17) is 4.74 Å². The summed E-state index contributed by atoms with van der Waals surface area (Å²) in [5.41, 5.74) is 1.39. The fourth-order valence-electron chi connectivity index (χ4n) is 1.67. The van der Waals surface area contributed by atoms with Gasteiger partial charge in [0.25, 0.3) is 0 Å². The zero-order valence-electron chi connectivity index (χ0n) is 10.0. The Kier molecular flexibility index (Phi) is 3.38. The number of aromatic nitrogens is 1. The molecule has 0 aliphatic carbocycles. The number of fused-ring (bicyclic) bond motifs is 1. The zero-order chi connectivity index (χ0) is 12.3. The van der Waals surface area contributed by atoms with Crippen molar-refractivity contribution in [3.63, 3.8) is 0 Å². The van der Waals surface area contributed by atoms with Crippen LogP contribution in [-0.2, 0) is 0 Å². The van der Waals surface area contributed by atoms with E-state index in [9.17, 15) is 4.79 Å². The first-order valence-electron chi connectivity index (χ1n) is 5.75. The molecule has 1 aromatic heterocycles. The molecule has 0 bridgehead atoms. The van der Waals surface area contributed by atoms with Crippen molar-refractivity contribution in [3.05, 3.63) is 36.0 Å². The molecule has 0 saturated heterocycles. The predicted octanol–water partition coefficient (Wildman–Crippen LogP) is 3.22. The van der Waals surface area contributed by atoms with E-state index in [2.05, 4.69) is 11.9 Å². The molecule has 0 aliphatic heterocycles. The first-order valence-corrected chi connectivity index (χ1v) is 5.75. The third kappa shape index (κ3) is 2.28. The van der Waals surface area contributed by atoms with Crippen molar-refractivity contribution in [2.24, 2.45) is 0 Å². The number of carbonyl (C=O) groups excluding carboxylic acids is 1. The normalized spacial score (nSPS) is 12.4. The first kappa shape index (κ1) is 11.6. The van der Waals surface area contributed by atoms with Gasteiger partial charge < -0.3 is 4.74 Å². The highest BCUT2D eigenvalue weighted by Gasteiger charge is 2.09. The van der Waals surface area contributed by atoms with Crippen molar-refractivity contribution in [2.45, 2.75) is 26.4 Å². The van der Waals surface area contributed by atoms with Gasteiger partial charge in [-0.2, -0.15) is 0 Å². The molecule has 1 heterocycles. The lowest BCUT2D eigenvalue weighted by molar-refractivity contribution is 0.112. The van der Waals surface area contributed by atoms with Gasteiger partial charge in [-0.05, 0) is 31.5 Å². The number of ether oxygens (including phenoxy) is 1. The van der Waals surface area contributed by atoms with Crippen molar-refractivity contribution in [2.75, 3.05) is 0 Å². The molecule has 0 N–H and O–H groups in total. The van der Waals surface area contributed by atoms with Crippen molar-refractivity contribution < 1.29 is 9.53 Å². The summed E-state index contributed by atoms with van der Waals surface area (Å²) >= 11 is 0. The van der Waals surface area contributed by atoms with E-state index in [0.717, 1.165) is 29.4 Å². The van der Waals surface area contributed by atoms with Crippen LogP contribution in [0.1, 0.15) is 30.6 Å². The monoisotopic (exact) mass is 229 g/mol. The Bertz CT molecular complexity index is 537. The third-order valence-corrected chi connectivity index (χ3v) is 2.80. The van der Waals surface area contributed by atoms with Gasteiger partial charge in [-0.25, -0.2) is 0 Å². The summed E-state index contributed by atoms with van der Waals surface area (Å²) in [6.45, 7) is 4.09. The summed E-state index contributed by atoms with van der Waals surface area (Å²) in [6, 6.07) is 7.29. The molecule has 2 rings (SSSR count). The molecule has 0 saturated carbocycles. The van der Waals surface area contributed by atoms with Gasteiger partial charge in [-0.3, -0.25) is 9.78 Å². The quantitative estimate of drug-likeness (QED) is 0.755. The highest BCUT2D eigenvalue weighted by atomic mass is 16.5. The predicted molar refractivity (Wildman–Crippen MR) is 67.5 cm³/mol. The lowest BCUT2D eigenvalue weighted by Gasteiger charge is -2.14. The Morgan fingerprint density at radius 2 is 2.24 bits per heavy atom. The number of hydrogen-bond donors (Lipinski definition) is 0.